The van der Waals surface area contributed by atoms with Crippen LogP contribution in [0, 0.1) is 13.8 Å². The molecule has 2 aromatic rings. The van der Waals surface area contributed by atoms with Crippen LogP contribution in [0.5, 0.6) is 5.75 Å². The molecule has 1 aliphatic heterocycles. The van der Waals surface area contributed by atoms with Crippen molar-refractivity contribution in [2.75, 3.05) is 24.2 Å². The van der Waals surface area contributed by atoms with Crippen LogP contribution in [-0.4, -0.2) is 44.2 Å². The second-order valence-electron chi connectivity index (χ2n) is 7.16. The molecule has 0 fully saturated rings. The Balaban J connectivity index is 1.80. The molecule has 1 atom stereocenters. The first kappa shape index (κ1) is 22.3. The largest absolute Gasteiger partial charge is 0.479 e. The van der Waals surface area contributed by atoms with Crippen LogP contribution in [0.4, 0.5) is 11.4 Å². The van der Waals surface area contributed by atoms with Crippen molar-refractivity contribution in [1.29, 1.82) is 0 Å². The fourth-order valence-corrected chi connectivity index (χ4v) is 4.92. The van der Waals surface area contributed by atoms with E-state index in [-0.39, 0.29) is 23.1 Å². The molecule has 0 spiro atoms. The molecule has 0 saturated heterocycles. The first-order valence-electron chi connectivity index (χ1n) is 9.13. The van der Waals surface area contributed by atoms with E-state index < -0.39 is 22.0 Å². The van der Waals surface area contributed by atoms with Crippen molar-refractivity contribution in [3.63, 3.8) is 0 Å². The molecule has 1 heterocycles. The molecule has 0 aliphatic carbocycles. The number of aryl methyl sites for hydroxylation is 2. The van der Waals surface area contributed by atoms with Crippen molar-refractivity contribution >= 4 is 49.1 Å². The standard InChI is InChI=1S/C20H22BrN3O5S/c1-11-5-6-15(14(21)7-11)22-19(25)10-24(4)30(27,28)18-9-17-16(8-12(18)2)23-20(26)13(3)29-17/h5-9,13H,10H2,1-4H3,(H,22,25)(H,23,26)/t13-/m0/s1. The van der Waals surface area contributed by atoms with Crippen molar-refractivity contribution in [1.82, 2.24) is 4.31 Å². The summed E-state index contributed by atoms with van der Waals surface area (Å²) in [4.78, 5) is 24.2. The van der Waals surface area contributed by atoms with Gasteiger partial charge in [-0.1, -0.05) is 6.07 Å². The van der Waals surface area contributed by atoms with E-state index in [4.69, 9.17) is 4.74 Å². The Morgan fingerprint density at radius 1 is 1.27 bits per heavy atom. The molecule has 0 saturated carbocycles. The second kappa shape index (κ2) is 8.37. The highest BCUT2D eigenvalue weighted by molar-refractivity contribution is 9.10. The van der Waals surface area contributed by atoms with Crippen molar-refractivity contribution in [2.24, 2.45) is 0 Å². The maximum absolute atomic E-state index is 13.1. The fraction of sp³-hybridized carbons (Fsp3) is 0.300. The summed E-state index contributed by atoms with van der Waals surface area (Å²) < 4.78 is 33.4. The Morgan fingerprint density at radius 2 is 1.97 bits per heavy atom. The summed E-state index contributed by atoms with van der Waals surface area (Å²) in [5.74, 6) is -0.500. The van der Waals surface area contributed by atoms with Gasteiger partial charge < -0.3 is 15.4 Å². The molecule has 0 radical (unpaired) electrons. The molecule has 160 valence electrons. The minimum Gasteiger partial charge on any atom is -0.479 e. The van der Waals surface area contributed by atoms with Gasteiger partial charge in [-0.15, -0.1) is 0 Å². The highest BCUT2D eigenvalue weighted by atomic mass is 79.9. The molecule has 30 heavy (non-hydrogen) atoms. The number of rotatable bonds is 5. The molecule has 2 aromatic carbocycles. The van der Waals surface area contributed by atoms with Crippen LogP contribution in [-0.2, 0) is 19.6 Å². The van der Waals surface area contributed by atoms with Crippen LogP contribution < -0.4 is 15.4 Å². The Kier molecular flexibility index (Phi) is 6.21. The topological polar surface area (TPSA) is 105 Å². The molecule has 2 amide bonds. The molecule has 8 nitrogen and oxygen atoms in total. The average Bonchev–Trinajstić information content (AvgIpc) is 2.64. The van der Waals surface area contributed by atoms with Gasteiger partial charge in [0.1, 0.15) is 5.75 Å². The number of carbonyl (C=O) groups excluding carboxylic acids is 2. The predicted octanol–water partition coefficient (Wildman–Crippen LogP) is 3.04. The monoisotopic (exact) mass is 495 g/mol. The third-order valence-electron chi connectivity index (χ3n) is 4.66. The molecule has 0 unspecified atom stereocenters. The predicted molar refractivity (Wildman–Crippen MR) is 117 cm³/mol. The first-order chi connectivity index (χ1) is 14.0. The lowest BCUT2D eigenvalue weighted by atomic mass is 10.1. The summed E-state index contributed by atoms with van der Waals surface area (Å²) in [7, 11) is -2.63. The smallest absolute Gasteiger partial charge is 0.265 e. The third-order valence-corrected chi connectivity index (χ3v) is 7.26. The minimum absolute atomic E-state index is 0.0106. The van der Waals surface area contributed by atoms with Gasteiger partial charge in [-0.2, -0.15) is 4.31 Å². The number of hydrogen-bond acceptors (Lipinski definition) is 5. The van der Waals surface area contributed by atoms with Gasteiger partial charge in [0, 0.05) is 17.6 Å². The van der Waals surface area contributed by atoms with Gasteiger partial charge in [0.25, 0.3) is 5.91 Å². The van der Waals surface area contributed by atoms with Gasteiger partial charge in [0.05, 0.1) is 22.8 Å². The lowest BCUT2D eigenvalue weighted by molar-refractivity contribution is -0.122. The van der Waals surface area contributed by atoms with Gasteiger partial charge in [-0.05, 0) is 66.0 Å². The van der Waals surface area contributed by atoms with Crippen molar-refractivity contribution < 1.29 is 22.7 Å². The van der Waals surface area contributed by atoms with E-state index in [1.807, 2.05) is 19.1 Å². The number of sulfonamides is 1. The van der Waals surface area contributed by atoms with E-state index in [0.29, 0.717) is 21.4 Å². The van der Waals surface area contributed by atoms with Gasteiger partial charge >= 0.3 is 0 Å². The van der Waals surface area contributed by atoms with Crippen molar-refractivity contribution in [3.8, 4) is 5.75 Å². The number of carbonyl (C=O) groups is 2. The molecular weight excluding hydrogens is 474 g/mol. The lowest BCUT2D eigenvalue weighted by Gasteiger charge is -2.25. The molecular formula is C20H22BrN3O5S. The summed E-state index contributed by atoms with van der Waals surface area (Å²) >= 11 is 3.38. The summed E-state index contributed by atoms with van der Waals surface area (Å²) in [6.45, 7) is 4.75. The van der Waals surface area contributed by atoms with Crippen LogP contribution in [0.1, 0.15) is 18.1 Å². The van der Waals surface area contributed by atoms with Crippen molar-refractivity contribution in [3.05, 3.63) is 45.9 Å². The van der Waals surface area contributed by atoms with Crippen LogP contribution in [0.3, 0.4) is 0 Å². The van der Waals surface area contributed by atoms with E-state index in [0.717, 1.165) is 9.87 Å². The number of nitrogens with zero attached hydrogens (tertiary/aromatic N) is 1. The number of ether oxygens (including phenoxy) is 1. The van der Waals surface area contributed by atoms with E-state index in [1.165, 1.54) is 13.1 Å². The molecule has 3 rings (SSSR count). The highest BCUT2D eigenvalue weighted by Gasteiger charge is 2.30. The summed E-state index contributed by atoms with van der Waals surface area (Å²) in [5.41, 5.74) is 2.43. The Morgan fingerprint density at radius 3 is 2.63 bits per heavy atom. The Bertz CT molecular complexity index is 1130. The molecule has 10 heteroatoms. The number of fused-ring (bicyclic) bond motifs is 1. The van der Waals surface area contributed by atoms with Gasteiger partial charge in [-0.3, -0.25) is 9.59 Å². The van der Waals surface area contributed by atoms with E-state index >= 15 is 0 Å². The Hall–Kier alpha value is -2.43. The zero-order chi connectivity index (χ0) is 22.2. The quantitative estimate of drug-likeness (QED) is 0.662. The molecule has 0 aromatic heterocycles. The van der Waals surface area contributed by atoms with E-state index in [2.05, 4.69) is 26.6 Å². The minimum atomic E-state index is -3.97. The summed E-state index contributed by atoms with van der Waals surface area (Å²) in [5, 5.41) is 5.39. The number of halogens is 1. The zero-order valence-corrected chi connectivity index (χ0v) is 19.3. The maximum atomic E-state index is 13.1. The normalized spacial score (nSPS) is 15.9. The SMILES string of the molecule is Cc1ccc(NC(=O)CN(C)S(=O)(=O)c2cc3c(cc2C)NC(=O)[C@H](C)O3)c(Br)c1. The number of nitrogens with one attached hydrogen (secondary N) is 2. The van der Waals surface area contributed by atoms with Gasteiger partial charge in [0.2, 0.25) is 15.9 Å². The maximum Gasteiger partial charge on any atom is 0.265 e. The lowest BCUT2D eigenvalue weighted by Crippen LogP contribution is -2.36. The first-order valence-corrected chi connectivity index (χ1v) is 11.4. The third kappa shape index (κ3) is 4.50. The number of benzene rings is 2. The fourth-order valence-electron chi connectivity index (χ4n) is 2.99. The average molecular weight is 496 g/mol. The van der Waals surface area contributed by atoms with E-state index in [9.17, 15) is 18.0 Å². The zero-order valence-electron chi connectivity index (χ0n) is 16.9. The summed E-state index contributed by atoms with van der Waals surface area (Å²) in [6, 6.07) is 8.36. The number of amides is 2. The van der Waals surface area contributed by atoms with Crippen LogP contribution in [0.2, 0.25) is 0 Å². The number of hydrogen-bond donors (Lipinski definition) is 2. The summed E-state index contributed by atoms with van der Waals surface area (Å²) in [6.07, 6.45) is -0.729. The van der Waals surface area contributed by atoms with Gasteiger partial charge in [-0.25, -0.2) is 8.42 Å². The second-order valence-corrected chi connectivity index (χ2v) is 10.0. The van der Waals surface area contributed by atoms with Gasteiger partial charge in [0.15, 0.2) is 6.10 Å². The number of anilines is 2. The van der Waals surface area contributed by atoms with Crippen LogP contribution in [0.15, 0.2) is 39.7 Å². The highest BCUT2D eigenvalue weighted by Crippen LogP contribution is 2.35. The Labute approximate surface area is 183 Å². The van der Waals surface area contributed by atoms with Crippen LogP contribution >= 0.6 is 15.9 Å². The molecule has 0 bridgehead atoms. The van der Waals surface area contributed by atoms with E-state index in [1.54, 1.807) is 26.0 Å². The van der Waals surface area contributed by atoms with Crippen molar-refractivity contribution in [2.45, 2.75) is 31.8 Å². The van der Waals surface area contributed by atoms with Crippen LogP contribution in [0.25, 0.3) is 0 Å². The molecule has 1 aliphatic rings. The molecule has 2 N–H and O–H groups in total. The number of likely N-dealkylation sites (N-methyl/N-ethyl adjacent to an activating group) is 1.